The highest BCUT2D eigenvalue weighted by molar-refractivity contribution is 5.88. The van der Waals surface area contributed by atoms with Gasteiger partial charge in [-0.25, -0.2) is 9.59 Å². The predicted octanol–water partition coefficient (Wildman–Crippen LogP) is 7.55. The maximum absolute atomic E-state index is 11.8. The lowest BCUT2D eigenvalue weighted by Crippen LogP contribution is -2.15. The highest BCUT2D eigenvalue weighted by atomic mass is 16.6. The Balaban J connectivity index is 1.37. The number of carbonyl (C=O) groups is 2. The molecule has 0 aliphatic heterocycles. The van der Waals surface area contributed by atoms with Gasteiger partial charge in [0.2, 0.25) is 0 Å². The Labute approximate surface area is 302 Å². The van der Waals surface area contributed by atoms with Crippen LogP contribution in [0.3, 0.4) is 0 Å². The van der Waals surface area contributed by atoms with Gasteiger partial charge in [-0.2, -0.15) is 0 Å². The summed E-state index contributed by atoms with van der Waals surface area (Å²) in [6.07, 6.45) is 10.7. The summed E-state index contributed by atoms with van der Waals surface area (Å²) in [6, 6.07) is 22.3. The molecule has 270 valence electrons. The number of carbonyl (C=O) groups excluding carboxylic acids is 2. The molecule has 2 N–H and O–H groups in total. The molecule has 0 aromatic heterocycles. The Bertz CT molecular complexity index is 1600. The van der Waals surface area contributed by atoms with E-state index in [-0.39, 0.29) is 37.6 Å². The van der Waals surface area contributed by atoms with Crippen molar-refractivity contribution in [3.8, 4) is 34.5 Å². The minimum atomic E-state index is -0.697. The number of unbranched alkanes of at least 4 members (excludes halogenated alkanes) is 2. The number of hydrogen-bond donors (Lipinski definition) is 2. The summed E-state index contributed by atoms with van der Waals surface area (Å²) >= 11 is 0. The van der Waals surface area contributed by atoms with Crippen molar-refractivity contribution in [3.63, 3.8) is 0 Å². The number of benzene rings is 3. The maximum atomic E-state index is 11.8. The van der Waals surface area contributed by atoms with Crippen LogP contribution in [-0.2, 0) is 19.1 Å². The highest BCUT2D eigenvalue weighted by Crippen LogP contribution is 2.38. The lowest BCUT2D eigenvalue weighted by Gasteiger charge is -2.29. The van der Waals surface area contributed by atoms with Crippen LogP contribution in [0.4, 0.5) is 0 Å². The topological polar surface area (TPSA) is 112 Å². The average molecular weight is 695 g/mol. The minimum absolute atomic E-state index is 0.0437. The van der Waals surface area contributed by atoms with Gasteiger partial charge in [-0.3, -0.25) is 0 Å². The molecule has 3 aromatic rings. The van der Waals surface area contributed by atoms with Crippen molar-refractivity contribution in [2.75, 3.05) is 39.6 Å². The molecule has 51 heavy (non-hydrogen) atoms. The van der Waals surface area contributed by atoms with Gasteiger partial charge in [0, 0.05) is 17.2 Å². The third kappa shape index (κ3) is 12.8. The van der Waals surface area contributed by atoms with Gasteiger partial charge >= 0.3 is 11.9 Å². The SMILES string of the molecule is C=C(CO)C(=O)OCCOc1cc(C#Cc2ccc(-c3ccc(C4CCC(CCCCC)CC4)cc3)cc2)cc(OCCOC(=O)C(=C)CO)c1. The third-order valence-electron chi connectivity index (χ3n) is 9.02. The molecule has 0 saturated heterocycles. The van der Waals surface area contributed by atoms with Crippen LogP contribution in [-0.4, -0.2) is 61.8 Å². The Morgan fingerprint density at radius 3 is 1.71 bits per heavy atom. The van der Waals surface area contributed by atoms with Gasteiger partial charge in [-0.05, 0) is 78.5 Å². The second-order valence-corrected chi connectivity index (χ2v) is 12.8. The molecule has 0 unspecified atom stereocenters. The highest BCUT2D eigenvalue weighted by Gasteiger charge is 2.22. The lowest BCUT2D eigenvalue weighted by atomic mass is 9.77. The molecule has 4 rings (SSSR count). The van der Waals surface area contributed by atoms with Crippen molar-refractivity contribution in [2.45, 2.75) is 64.2 Å². The minimum Gasteiger partial charge on any atom is -0.490 e. The van der Waals surface area contributed by atoms with Crippen molar-refractivity contribution in [3.05, 3.63) is 108 Å². The van der Waals surface area contributed by atoms with Crippen molar-refractivity contribution < 1.29 is 38.7 Å². The van der Waals surface area contributed by atoms with Crippen LogP contribution in [0, 0.1) is 17.8 Å². The Morgan fingerprint density at radius 1 is 0.686 bits per heavy atom. The molecule has 1 saturated carbocycles. The smallest absolute Gasteiger partial charge is 0.335 e. The first-order valence-corrected chi connectivity index (χ1v) is 17.8. The summed E-state index contributed by atoms with van der Waals surface area (Å²) in [6.45, 7) is 8.18. The van der Waals surface area contributed by atoms with Crippen molar-refractivity contribution in [1.82, 2.24) is 0 Å². The number of aliphatic hydroxyl groups excluding tert-OH is 2. The number of rotatable bonds is 18. The zero-order chi connectivity index (χ0) is 36.4. The first kappa shape index (κ1) is 39.0. The zero-order valence-corrected chi connectivity index (χ0v) is 29.7. The van der Waals surface area contributed by atoms with Gasteiger partial charge < -0.3 is 29.2 Å². The molecule has 1 fully saturated rings. The van der Waals surface area contributed by atoms with Crippen LogP contribution in [0.25, 0.3) is 11.1 Å². The lowest BCUT2D eigenvalue weighted by molar-refractivity contribution is -0.141. The van der Waals surface area contributed by atoms with Gasteiger partial charge in [0.25, 0.3) is 0 Å². The summed E-state index contributed by atoms with van der Waals surface area (Å²) in [5.74, 6) is 7.40. The fourth-order valence-electron chi connectivity index (χ4n) is 6.04. The number of aliphatic hydroxyl groups is 2. The summed E-state index contributed by atoms with van der Waals surface area (Å²) < 4.78 is 21.7. The Hall–Kier alpha value is -4.84. The molecule has 3 aromatic carbocycles. The maximum Gasteiger partial charge on any atom is 0.335 e. The zero-order valence-electron chi connectivity index (χ0n) is 29.7. The van der Waals surface area contributed by atoms with E-state index in [1.54, 1.807) is 18.2 Å². The number of esters is 2. The van der Waals surface area contributed by atoms with E-state index in [0.717, 1.165) is 17.0 Å². The van der Waals surface area contributed by atoms with E-state index in [1.807, 2.05) is 12.1 Å². The van der Waals surface area contributed by atoms with Crippen LogP contribution < -0.4 is 9.47 Å². The van der Waals surface area contributed by atoms with Crippen molar-refractivity contribution in [2.24, 2.45) is 5.92 Å². The van der Waals surface area contributed by atoms with Crippen LogP contribution in [0.2, 0.25) is 0 Å². The number of ether oxygens (including phenoxy) is 4. The van der Waals surface area contributed by atoms with Gasteiger partial charge in [-0.15, -0.1) is 0 Å². The van der Waals surface area contributed by atoms with Crippen LogP contribution >= 0.6 is 0 Å². The van der Waals surface area contributed by atoms with E-state index >= 15 is 0 Å². The fraction of sp³-hybridized carbons (Fsp3) is 0.395. The predicted molar refractivity (Wildman–Crippen MR) is 199 cm³/mol. The van der Waals surface area contributed by atoms with E-state index in [0.29, 0.717) is 23.0 Å². The second kappa shape index (κ2) is 20.7. The second-order valence-electron chi connectivity index (χ2n) is 12.8. The summed E-state index contributed by atoms with van der Waals surface area (Å²) in [5.41, 5.74) is 5.13. The van der Waals surface area contributed by atoms with Gasteiger partial charge in [0.1, 0.15) is 37.9 Å². The molecular formula is C43H50O8. The summed E-state index contributed by atoms with van der Waals surface area (Å²) in [5, 5.41) is 18.1. The van der Waals surface area contributed by atoms with E-state index in [4.69, 9.17) is 29.2 Å². The van der Waals surface area contributed by atoms with Crippen LogP contribution in [0.15, 0.2) is 91.0 Å². The largest absolute Gasteiger partial charge is 0.490 e. The van der Waals surface area contributed by atoms with Gasteiger partial charge in [0.15, 0.2) is 0 Å². The summed E-state index contributed by atoms with van der Waals surface area (Å²) in [4.78, 5) is 23.5. The Kier molecular flexibility index (Phi) is 15.8. The molecule has 8 heteroatoms. The van der Waals surface area contributed by atoms with E-state index in [1.165, 1.54) is 62.5 Å². The van der Waals surface area contributed by atoms with E-state index in [9.17, 15) is 9.59 Å². The van der Waals surface area contributed by atoms with E-state index in [2.05, 4.69) is 68.3 Å². The fourth-order valence-corrected chi connectivity index (χ4v) is 6.04. The molecular weight excluding hydrogens is 644 g/mol. The molecule has 0 spiro atoms. The van der Waals surface area contributed by atoms with E-state index < -0.39 is 25.2 Å². The monoisotopic (exact) mass is 694 g/mol. The molecule has 0 amide bonds. The van der Waals surface area contributed by atoms with Gasteiger partial charge in [-0.1, -0.05) is 94.0 Å². The molecule has 1 aliphatic rings. The van der Waals surface area contributed by atoms with Crippen LogP contribution in [0.1, 0.15) is 80.9 Å². The Morgan fingerprint density at radius 2 is 1.20 bits per heavy atom. The normalized spacial score (nSPS) is 15.2. The van der Waals surface area contributed by atoms with Crippen LogP contribution in [0.5, 0.6) is 11.5 Å². The average Bonchev–Trinajstić information content (AvgIpc) is 3.17. The molecule has 0 heterocycles. The summed E-state index contributed by atoms with van der Waals surface area (Å²) in [7, 11) is 0. The molecule has 1 aliphatic carbocycles. The number of hydrogen-bond acceptors (Lipinski definition) is 8. The quantitative estimate of drug-likeness (QED) is 0.0608. The van der Waals surface area contributed by atoms with Gasteiger partial charge in [0.05, 0.1) is 24.4 Å². The first-order valence-electron chi connectivity index (χ1n) is 17.8. The standard InChI is InChI=1S/C43H50O8/c1-4-5-6-7-33-10-14-36(15-11-33)38-18-20-39(21-19-38)37-16-12-34(13-17-37)8-9-35-26-40(48-22-24-50-42(46)31(2)29-44)28-41(27-35)49-23-25-51-43(47)32(3)30-45/h12-13,16-21,26-28,33,36,44-45H,2-7,10-11,14-15,22-25,29-30H2,1H3. The molecule has 8 nitrogen and oxygen atoms in total. The van der Waals surface area contributed by atoms with Crippen molar-refractivity contribution >= 4 is 11.9 Å². The third-order valence-corrected chi connectivity index (χ3v) is 9.02. The molecule has 0 atom stereocenters. The molecule has 0 radical (unpaired) electrons. The first-order chi connectivity index (χ1) is 24.8. The molecule has 0 bridgehead atoms. The van der Waals surface area contributed by atoms with Crippen molar-refractivity contribution in [1.29, 1.82) is 0 Å².